The van der Waals surface area contributed by atoms with Gasteiger partial charge in [-0.05, 0) is 95.2 Å². The third kappa shape index (κ3) is 13.3. The Hall–Kier alpha value is -3.29. The van der Waals surface area contributed by atoms with Crippen LogP contribution in [0.15, 0.2) is 73.0 Å². The molecule has 2 N–H and O–H groups in total. The lowest BCUT2D eigenvalue weighted by atomic mass is 9.95. The van der Waals surface area contributed by atoms with E-state index in [1.807, 2.05) is 27.7 Å². The maximum absolute atomic E-state index is 14.6. The summed E-state index contributed by atoms with van der Waals surface area (Å²) >= 11 is 1.22. The average Bonchev–Trinajstić information content (AvgIpc) is 2.86. The lowest BCUT2D eigenvalue weighted by Gasteiger charge is -2.26. The van der Waals surface area contributed by atoms with E-state index >= 15 is 0 Å². The number of halogens is 6. The quantitative estimate of drug-likeness (QED) is 0.0936. The summed E-state index contributed by atoms with van der Waals surface area (Å²) in [5.41, 5.74) is -0.892. The smallest absolute Gasteiger partial charge is 0.332 e. The van der Waals surface area contributed by atoms with E-state index in [0.29, 0.717) is 11.6 Å². The van der Waals surface area contributed by atoms with E-state index in [2.05, 4.69) is 24.1 Å². The van der Waals surface area contributed by atoms with Crippen molar-refractivity contribution >= 4 is 11.9 Å². The van der Waals surface area contributed by atoms with E-state index in [-0.39, 0.29) is 27.9 Å². The van der Waals surface area contributed by atoms with Crippen LogP contribution in [0.1, 0.15) is 64.3 Å². The lowest BCUT2D eigenvalue weighted by Crippen LogP contribution is -2.26. The molecule has 1 atom stereocenters. The molecule has 0 spiro atoms. The van der Waals surface area contributed by atoms with Gasteiger partial charge in [0.05, 0.1) is 12.1 Å². The summed E-state index contributed by atoms with van der Waals surface area (Å²) in [5, 5.41) is 8.75. The monoisotopic (exact) mass is 601 g/mol. The predicted octanol–water partition coefficient (Wildman–Crippen LogP) is 9.67. The Bertz CT molecular complexity index is 1190. The summed E-state index contributed by atoms with van der Waals surface area (Å²) in [6, 6.07) is 5.24. The first-order valence-corrected chi connectivity index (χ1v) is 13.2. The van der Waals surface area contributed by atoms with Gasteiger partial charge in [-0.2, -0.15) is 8.78 Å². The lowest BCUT2D eigenvalue weighted by molar-refractivity contribution is -0.135. The van der Waals surface area contributed by atoms with Crippen molar-refractivity contribution < 1.29 is 36.2 Å². The fourth-order valence-electron chi connectivity index (χ4n) is 3.05. The highest BCUT2D eigenvalue weighted by Crippen LogP contribution is 2.38. The Morgan fingerprint density at radius 1 is 1.05 bits per heavy atom. The van der Waals surface area contributed by atoms with E-state index in [4.69, 9.17) is 9.84 Å². The van der Waals surface area contributed by atoms with Crippen LogP contribution < -0.4 is 9.46 Å². The molecule has 0 aliphatic rings. The zero-order chi connectivity index (χ0) is 32.0. The number of rotatable bonds is 10. The standard InChI is InChI=1S/C22H25F6NOS.C7H10O.C2H2/c1-12(2)30-18-7-6-13(10-17(18)24)19(29-31-21(3,4)5)14-8-15(11-16(23)9-14)22(27,28)20(25)26;1-3-5-7(8)6-4-2;1-2/h6-12,19-20,29H,1-5H3;3-6,8H,1H2,2H3;1-2H/b;6-4-,7-5?;/t19-;;/m1../s1. The van der Waals surface area contributed by atoms with Crippen LogP contribution in [0.5, 0.6) is 5.75 Å². The Balaban J connectivity index is 0.00000138. The molecule has 0 heterocycles. The highest BCUT2D eigenvalue weighted by molar-refractivity contribution is 7.98. The molecule has 0 unspecified atom stereocenters. The largest absolute Gasteiger partial charge is 0.508 e. The van der Waals surface area contributed by atoms with Gasteiger partial charge in [-0.15, -0.1) is 12.8 Å². The predicted molar refractivity (Wildman–Crippen MR) is 156 cm³/mol. The molecule has 0 aliphatic carbocycles. The van der Waals surface area contributed by atoms with Gasteiger partial charge in [-0.3, -0.25) is 4.72 Å². The molecule has 10 heteroatoms. The Kier molecular flexibility index (Phi) is 16.1. The molecule has 41 heavy (non-hydrogen) atoms. The van der Waals surface area contributed by atoms with Gasteiger partial charge in [0, 0.05) is 10.3 Å². The van der Waals surface area contributed by atoms with Crippen molar-refractivity contribution in [3.63, 3.8) is 0 Å². The molecule has 0 aliphatic heterocycles. The zero-order valence-electron chi connectivity index (χ0n) is 23.9. The molecule has 0 saturated heterocycles. The number of nitrogens with one attached hydrogen (secondary N) is 1. The maximum atomic E-state index is 14.6. The second-order valence-corrected chi connectivity index (χ2v) is 11.3. The highest BCUT2D eigenvalue weighted by Gasteiger charge is 2.43. The van der Waals surface area contributed by atoms with E-state index in [1.165, 1.54) is 36.2 Å². The molecule has 2 aromatic rings. The van der Waals surface area contributed by atoms with Gasteiger partial charge in [0.1, 0.15) is 11.6 Å². The van der Waals surface area contributed by atoms with Crippen molar-refractivity contribution in [3.8, 4) is 18.6 Å². The van der Waals surface area contributed by atoms with Gasteiger partial charge in [-0.1, -0.05) is 36.7 Å². The first kappa shape index (κ1) is 37.7. The minimum atomic E-state index is -4.53. The summed E-state index contributed by atoms with van der Waals surface area (Å²) in [6.45, 7) is 14.4. The number of ether oxygens (including phenoxy) is 1. The van der Waals surface area contributed by atoms with Gasteiger partial charge in [0.25, 0.3) is 0 Å². The average molecular weight is 602 g/mol. The first-order valence-electron chi connectivity index (χ1n) is 12.4. The zero-order valence-corrected chi connectivity index (χ0v) is 24.7. The van der Waals surface area contributed by atoms with E-state index in [1.54, 1.807) is 26.0 Å². The molecule has 2 rings (SSSR count). The fraction of sp³-hybridized carbons (Fsp3) is 0.355. The summed E-state index contributed by atoms with van der Waals surface area (Å²) in [6.07, 6.45) is 10.2. The minimum absolute atomic E-state index is 0.00476. The molecule has 0 aromatic heterocycles. The van der Waals surface area contributed by atoms with Gasteiger partial charge >= 0.3 is 12.3 Å². The van der Waals surface area contributed by atoms with Crippen LogP contribution in [0.25, 0.3) is 0 Å². The molecule has 2 aromatic carbocycles. The van der Waals surface area contributed by atoms with Crippen molar-refractivity contribution in [1.29, 1.82) is 0 Å². The van der Waals surface area contributed by atoms with Crippen molar-refractivity contribution in [3.05, 3.63) is 101 Å². The summed E-state index contributed by atoms with van der Waals surface area (Å²) in [7, 11) is 0. The van der Waals surface area contributed by atoms with Gasteiger partial charge in [0.2, 0.25) is 0 Å². The number of hydrogen-bond acceptors (Lipinski definition) is 4. The number of aliphatic hydroxyl groups is 1. The van der Waals surface area contributed by atoms with E-state index in [0.717, 1.165) is 18.2 Å². The third-order valence-electron chi connectivity index (χ3n) is 4.67. The van der Waals surface area contributed by atoms with Crippen LogP contribution in [-0.4, -0.2) is 22.4 Å². The van der Waals surface area contributed by atoms with Crippen LogP contribution in [0, 0.1) is 24.5 Å². The van der Waals surface area contributed by atoms with E-state index in [9.17, 15) is 26.3 Å². The van der Waals surface area contributed by atoms with Crippen LogP contribution in [0.3, 0.4) is 0 Å². The van der Waals surface area contributed by atoms with Crippen molar-refractivity contribution in [2.75, 3.05) is 0 Å². The Morgan fingerprint density at radius 2 is 1.66 bits per heavy atom. The fourth-order valence-corrected chi connectivity index (χ4v) is 3.80. The van der Waals surface area contributed by atoms with Crippen LogP contribution >= 0.6 is 11.9 Å². The van der Waals surface area contributed by atoms with Crippen LogP contribution in [-0.2, 0) is 5.92 Å². The molecule has 0 saturated carbocycles. The first-order chi connectivity index (χ1) is 19.0. The summed E-state index contributed by atoms with van der Waals surface area (Å²) in [4.78, 5) is 0. The Morgan fingerprint density at radius 3 is 2.12 bits per heavy atom. The second kappa shape index (κ2) is 17.5. The molecule has 0 fully saturated rings. The normalized spacial score (nSPS) is 12.8. The molecule has 3 nitrogen and oxygen atoms in total. The molecule has 0 radical (unpaired) electrons. The summed E-state index contributed by atoms with van der Waals surface area (Å²) < 4.78 is 90.2. The van der Waals surface area contributed by atoms with Crippen molar-refractivity contribution in [1.82, 2.24) is 4.72 Å². The molecular formula is C31H37F6NO2S. The highest BCUT2D eigenvalue weighted by atomic mass is 32.2. The SMILES string of the molecule is C#C.C=CC=C(O)/C=C\C.CC(C)Oc1ccc([C@@H](NSC(C)(C)C)c2cc(F)cc(C(F)(F)C(F)F)c2)cc1F. The third-order valence-corrected chi connectivity index (χ3v) is 5.64. The number of terminal acetylenes is 1. The molecule has 0 bridgehead atoms. The van der Waals surface area contributed by atoms with Crippen LogP contribution in [0.2, 0.25) is 0 Å². The minimum Gasteiger partial charge on any atom is -0.508 e. The number of benzene rings is 2. The number of allylic oxidation sites excluding steroid dienone is 4. The number of hydrogen-bond donors (Lipinski definition) is 2. The number of aliphatic hydroxyl groups excluding tert-OH is 1. The summed E-state index contributed by atoms with van der Waals surface area (Å²) in [5.74, 6) is -6.07. The maximum Gasteiger partial charge on any atom is 0.332 e. The van der Waals surface area contributed by atoms with Gasteiger partial charge in [-0.25, -0.2) is 17.6 Å². The van der Waals surface area contributed by atoms with Gasteiger partial charge < -0.3 is 9.84 Å². The second-order valence-electron chi connectivity index (χ2n) is 9.65. The Labute approximate surface area is 243 Å². The molecule has 0 amide bonds. The van der Waals surface area contributed by atoms with Crippen molar-refractivity contribution in [2.24, 2.45) is 0 Å². The van der Waals surface area contributed by atoms with E-state index < -0.39 is 35.6 Å². The topological polar surface area (TPSA) is 41.5 Å². The van der Waals surface area contributed by atoms with Crippen molar-refractivity contribution in [2.45, 2.75) is 70.8 Å². The van der Waals surface area contributed by atoms with Gasteiger partial charge in [0.15, 0.2) is 11.6 Å². The number of alkyl halides is 4. The molecule has 226 valence electrons. The van der Waals surface area contributed by atoms with Crippen LogP contribution in [0.4, 0.5) is 26.3 Å². The molecular weight excluding hydrogens is 564 g/mol.